The van der Waals surface area contributed by atoms with E-state index in [1.807, 2.05) is 65.0 Å². The zero-order valence-corrected chi connectivity index (χ0v) is 18.4. The van der Waals surface area contributed by atoms with Gasteiger partial charge in [-0.3, -0.25) is 9.10 Å². The van der Waals surface area contributed by atoms with Gasteiger partial charge in [0.2, 0.25) is 15.9 Å². The van der Waals surface area contributed by atoms with E-state index in [2.05, 4.69) is 5.32 Å². The predicted molar refractivity (Wildman–Crippen MR) is 117 cm³/mol. The maximum atomic E-state index is 13.2. The second-order valence-corrected chi connectivity index (χ2v) is 9.06. The lowest BCUT2D eigenvalue weighted by molar-refractivity contribution is -0.117. The van der Waals surface area contributed by atoms with Crippen LogP contribution in [0.3, 0.4) is 0 Å². The highest BCUT2D eigenvalue weighted by atomic mass is 32.2. The van der Waals surface area contributed by atoms with Crippen LogP contribution >= 0.6 is 0 Å². The van der Waals surface area contributed by atoms with Gasteiger partial charge in [0.05, 0.1) is 11.9 Å². The van der Waals surface area contributed by atoms with E-state index in [1.165, 1.54) is 4.31 Å². The van der Waals surface area contributed by atoms with Crippen LogP contribution in [0.2, 0.25) is 0 Å². The van der Waals surface area contributed by atoms with Gasteiger partial charge in [-0.25, -0.2) is 8.42 Å². The topological polar surface area (TPSA) is 66.5 Å². The average molecular weight is 403 g/mol. The van der Waals surface area contributed by atoms with Gasteiger partial charge in [0.1, 0.15) is 6.04 Å². The molecule has 28 heavy (non-hydrogen) atoms. The van der Waals surface area contributed by atoms with Crippen LogP contribution in [0.15, 0.2) is 36.4 Å². The zero-order chi connectivity index (χ0) is 21.1. The fourth-order valence-electron chi connectivity index (χ4n) is 3.33. The summed E-state index contributed by atoms with van der Waals surface area (Å²) in [6, 6.07) is 10.5. The first-order valence-electron chi connectivity index (χ1n) is 9.56. The number of hydrogen-bond donors (Lipinski definition) is 1. The monoisotopic (exact) mass is 402 g/mol. The van der Waals surface area contributed by atoms with Gasteiger partial charge in [-0.1, -0.05) is 38.1 Å². The largest absolute Gasteiger partial charge is 0.324 e. The van der Waals surface area contributed by atoms with Crippen molar-refractivity contribution >= 4 is 27.3 Å². The number of nitrogens with zero attached hydrogens (tertiary/aromatic N) is 1. The van der Waals surface area contributed by atoms with Gasteiger partial charge in [-0.15, -0.1) is 0 Å². The molecule has 0 bridgehead atoms. The second-order valence-electron chi connectivity index (χ2n) is 7.20. The number of aryl methyl sites for hydroxylation is 4. The van der Waals surface area contributed by atoms with Crippen LogP contribution in [-0.4, -0.2) is 26.6 Å². The van der Waals surface area contributed by atoms with E-state index in [4.69, 9.17) is 0 Å². The highest BCUT2D eigenvalue weighted by Gasteiger charge is 2.32. The number of benzene rings is 2. The summed E-state index contributed by atoms with van der Waals surface area (Å²) in [4.78, 5) is 13.2. The quantitative estimate of drug-likeness (QED) is 0.748. The Kier molecular flexibility index (Phi) is 6.88. The van der Waals surface area contributed by atoms with Gasteiger partial charge in [0.15, 0.2) is 0 Å². The predicted octanol–water partition coefficient (Wildman–Crippen LogP) is 4.36. The number of rotatable bonds is 7. The first-order chi connectivity index (χ1) is 13.1. The smallest absolute Gasteiger partial charge is 0.248 e. The Balaban J connectivity index is 2.47. The molecule has 2 rings (SSSR count). The molecule has 1 unspecified atom stereocenters. The maximum Gasteiger partial charge on any atom is 0.248 e. The summed E-state index contributed by atoms with van der Waals surface area (Å²) in [6.07, 6.45) is 2.28. The Morgan fingerprint density at radius 3 is 2.25 bits per heavy atom. The number of carbonyl (C=O) groups is 1. The van der Waals surface area contributed by atoms with Gasteiger partial charge in [-0.2, -0.15) is 0 Å². The molecule has 2 aromatic rings. The van der Waals surface area contributed by atoms with Crippen molar-refractivity contribution in [2.45, 2.75) is 53.5 Å². The third-order valence-corrected chi connectivity index (χ3v) is 6.24. The minimum absolute atomic E-state index is 0.324. The van der Waals surface area contributed by atoms with Crippen LogP contribution in [0.5, 0.6) is 0 Å². The molecule has 0 radical (unpaired) electrons. The summed E-state index contributed by atoms with van der Waals surface area (Å²) in [7, 11) is -3.65. The average Bonchev–Trinajstić information content (AvgIpc) is 2.62. The summed E-state index contributed by atoms with van der Waals surface area (Å²) >= 11 is 0. The molecule has 0 aliphatic rings. The van der Waals surface area contributed by atoms with Crippen molar-refractivity contribution in [1.29, 1.82) is 0 Å². The molecule has 6 heteroatoms. The van der Waals surface area contributed by atoms with Crippen molar-refractivity contribution in [3.63, 3.8) is 0 Å². The van der Waals surface area contributed by atoms with E-state index >= 15 is 0 Å². The lowest BCUT2D eigenvalue weighted by Gasteiger charge is -2.31. The molecule has 152 valence electrons. The summed E-state index contributed by atoms with van der Waals surface area (Å²) in [6.45, 7) is 9.69. The first-order valence-corrected chi connectivity index (χ1v) is 11.4. The van der Waals surface area contributed by atoms with Crippen molar-refractivity contribution in [2.24, 2.45) is 0 Å². The third kappa shape index (κ3) is 4.73. The van der Waals surface area contributed by atoms with Crippen molar-refractivity contribution in [3.05, 3.63) is 58.7 Å². The van der Waals surface area contributed by atoms with Gasteiger partial charge in [0, 0.05) is 5.69 Å². The molecule has 0 aromatic heterocycles. The Labute approximate surface area is 168 Å². The summed E-state index contributed by atoms with van der Waals surface area (Å²) in [5, 5.41) is 2.98. The van der Waals surface area contributed by atoms with E-state index in [-0.39, 0.29) is 5.91 Å². The first kappa shape index (κ1) is 22.0. The van der Waals surface area contributed by atoms with E-state index < -0.39 is 16.1 Å². The zero-order valence-electron chi connectivity index (χ0n) is 17.5. The fraction of sp³-hybridized carbons (Fsp3) is 0.409. The van der Waals surface area contributed by atoms with Crippen LogP contribution in [0.25, 0.3) is 0 Å². The molecule has 2 aromatic carbocycles. The normalized spacial score (nSPS) is 12.5. The van der Waals surface area contributed by atoms with Crippen molar-refractivity contribution in [3.8, 4) is 0 Å². The van der Waals surface area contributed by atoms with Crippen molar-refractivity contribution in [1.82, 2.24) is 0 Å². The Bertz CT molecular complexity index is 968. The molecule has 0 saturated carbocycles. The molecule has 0 aliphatic carbocycles. The Morgan fingerprint density at radius 1 is 1.04 bits per heavy atom. The fourth-order valence-corrected chi connectivity index (χ4v) is 4.54. The van der Waals surface area contributed by atoms with Gasteiger partial charge in [-0.05, 0) is 68.0 Å². The van der Waals surface area contributed by atoms with Crippen molar-refractivity contribution < 1.29 is 13.2 Å². The van der Waals surface area contributed by atoms with Gasteiger partial charge < -0.3 is 5.32 Å². The number of hydrogen-bond acceptors (Lipinski definition) is 3. The van der Waals surface area contributed by atoms with E-state index in [0.29, 0.717) is 12.1 Å². The molecule has 0 aliphatic heterocycles. The SMILES string of the molecule is CCc1cccc(C)c1NC(=O)C(CC)N(c1ccc(C)c(C)c1)S(C)(=O)=O. The molecule has 1 atom stereocenters. The molecule has 5 nitrogen and oxygen atoms in total. The number of nitrogens with one attached hydrogen (secondary N) is 1. The van der Waals surface area contributed by atoms with Crippen LogP contribution < -0.4 is 9.62 Å². The molecular formula is C22H30N2O3S. The molecule has 0 fully saturated rings. The highest BCUT2D eigenvalue weighted by Crippen LogP contribution is 2.27. The van der Waals surface area contributed by atoms with Crippen LogP contribution in [0.4, 0.5) is 11.4 Å². The van der Waals surface area contributed by atoms with Gasteiger partial charge >= 0.3 is 0 Å². The Morgan fingerprint density at radius 2 is 1.71 bits per heavy atom. The number of para-hydroxylation sites is 1. The number of amides is 1. The molecule has 0 saturated heterocycles. The molecule has 0 spiro atoms. The number of sulfonamides is 1. The lowest BCUT2D eigenvalue weighted by Crippen LogP contribution is -2.47. The molecular weight excluding hydrogens is 372 g/mol. The third-order valence-electron chi connectivity index (χ3n) is 5.06. The molecule has 1 amide bonds. The standard InChI is InChI=1S/C22H30N2O3S/c1-7-18-11-9-10-16(4)21(18)23-22(25)20(8-2)24(28(6,26)27)19-13-12-15(3)17(5)14-19/h9-14,20H,7-8H2,1-6H3,(H,23,25). The Hall–Kier alpha value is -2.34. The van der Waals surface area contributed by atoms with E-state index in [1.54, 1.807) is 6.07 Å². The minimum Gasteiger partial charge on any atom is -0.324 e. The number of carbonyl (C=O) groups excluding carboxylic acids is 1. The minimum atomic E-state index is -3.65. The van der Waals surface area contributed by atoms with E-state index in [0.717, 1.165) is 40.6 Å². The summed E-state index contributed by atoms with van der Waals surface area (Å²) in [5.41, 5.74) is 5.31. The van der Waals surface area contributed by atoms with Crippen molar-refractivity contribution in [2.75, 3.05) is 15.9 Å². The van der Waals surface area contributed by atoms with E-state index in [9.17, 15) is 13.2 Å². The highest BCUT2D eigenvalue weighted by molar-refractivity contribution is 7.92. The second kappa shape index (κ2) is 8.78. The van der Waals surface area contributed by atoms with Crippen LogP contribution in [-0.2, 0) is 21.2 Å². The lowest BCUT2D eigenvalue weighted by atomic mass is 10.0. The van der Waals surface area contributed by atoms with Gasteiger partial charge in [0.25, 0.3) is 0 Å². The molecule has 1 N–H and O–H groups in total. The van der Waals surface area contributed by atoms with Crippen LogP contribution in [0.1, 0.15) is 42.5 Å². The van der Waals surface area contributed by atoms with Crippen LogP contribution in [0, 0.1) is 20.8 Å². The maximum absolute atomic E-state index is 13.2. The summed E-state index contributed by atoms with van der Waals surface area (Å²) < 4.78 is 26.5. The molecule has 0 heterocycles. The number of anilines is 2. The summed E-state index contributed by atoms with van der Waals surface area (Å²) in [5.74, 6) is -0.324.